The summed E-state index contributed by atoms with van der Waals surface area (Å²) >= 11 is 0. The highest BCUT2D eigenvalue weighted by molar-refractivity contribution is 5.56. The number of pyridine rings is 1. The number of fused-ring (bicyclic) bond motifs is 1. The van der Waals surface area contributed by atoms with Crippen molar-refractivity contribution in [2.45, 2.75) is 64.3 Å². The Kier molecular flexibility index (Phi) is 5.53. The van der Waals surface area contributed by atoms with E-state index < -0.39 is 0 Å². The van der Waals surface area contributed by atoms with Crippen LogP contribution < -0.4 is 10.5 Å². The molecule has 0 radical (unpaired) electrons. The first-order valence-electron chi connectivity index (χ1n) is 11.4. The molecule has 5 heterocycles. The molecule has 0 bridgehead atoms. The first kappa shape index (κ1) is 19.9. The third-order valence-electron chi connectivity index (χ3n) is 6.43. The number of hydrogen-bond donors (Lipinski definition) is 1. The van der Waals surface area contributed by atoms with Gasteiger partial charge in [-0.3, -0.25) is 4.79 Å². The minimum absolute atomic E-state index is 0.128. The second-order valence-electron chi connectivity index (χ2n) is 8.57. The van der Waals surface area contributed by atoms with Crippen molar-refractivity contribution in [2.75, 3.05) is 18.0 Å². The Balaban J connectivity index is 1.35. The van der Waals surface area contributed by atoms with Crippen LogP contribution in [0, 0.1) is 0 Å². The van der Waals surface area contributed by atoms with Gasteiger partial charge in [0.15, 0.2) is 0 Å². The zero-order valence-electron chi connectivity index (χ0n) is 18.0. The molecule has 1 saturated heterocycles. The second-order valence-corrected chi connectivity index (χ2v) is 8.57. The zero-order valence-corrected chi connectivity index (χ0v) is 18.0. The van der Waals surface area contributed by atoms with Gasteiger partial charge < -0.3 is 14.5 Å². The van der Waals surface area contributed by atoms with Crippen molar-refractivity contribution in [2.24, 2.45) is 0 Å². The highest BCUT2D eigenvalue weighted by Gasteiger charge is 2.28. The molecule has 162 valence electrons. The van der Waals surface area contributed by atoms with Crippen LogP contribution in [-0.2, 0) is 19.4 Å². The van der Waals surface area contributed by atoms with Crippen LogP contribution in [0.2, 0.25) is 0 Å². The van der Waals surface area contributed by atoms with Gasteiger partial charge >= 0.3 is 0 Å². The predicted molar refractivity (Wildman–Crippen MR) is 119 cm³/mol. The summed E-state index contributed by atoms with van der Waals surface area (Å²) in [5, 5.41) is 9.09. The molecule has 0 spiro atoms. The Hall–Kier alpha value is -3.03. The molecule has 1 fully saturated rings. The lowest BCUT2D eigenvalue weighted by molar-refractivity contribution is 0.464. The fourth-order valence-corrected chi connectivity index (χ4v) is 4.74. The largest absolute Gasteiger partial charge is 0.356 e. The number of aromatic amines is 1. The van der Waals surface area contributed by atoms with E-state index in [0.717, 1.165) is 74.0 Å². The fourth-order valence-electron chi connectivity index (χ4n) is 4.74. The molecular weight excluding hydrogens is 390 g/mol. The maximum atomic E-state index is 11.9. The molecule has 0 saturated carbocycles. The number of aromatic nitrogens is 6. The zero-order chi connectivity index (χ0) is 21.2. The lowest BCUT2D eigenvalue weighted by Gasteiger charge is -2.33. The Bertz CT molecular complexity index is 1100. The summed E-state index contributed by atoms with van der Waals surface area (Å²) in [6, 6.07) is 5.57. The molecule has 0 aromatic carbocycles. The van der Waals surface area contributed by atoms with Crippen LogP contribution in [0.25, 0.3) is 11.4 Å². The Morgan fingerprint density at radius 1 is 1.13 bits per heavy atom. The van der Waals surface area contributed by atoms with Gasteiger partial charge in [-0.25, -0.2) is 9.97 Å². The second kappa shape index (κ2) is 8.61. The van der Waals surface area contributed by atoms with Crippen molar-refractivity contribution in [3.05, 3.63) is 52.1 Å². The number of nitrogens with one attached hydrogen (secondary N) is 1. The van der Waals surface area contributed by atoms with Gasteiger partial charge in [0.05, 0.1) is 0 Å². The third kappa shape index (κ3) is 4.11. The minimum Gasteiger partial charge on any atom is -0.356 e. The predicted octanol–water partition coefficient (Wildman–Crippen LogP) is 3.10. The van der Waals surface area contributed by atoms with Crippen molar-refractivity contribution < 1.29 is 0 Å². The average Bonchev–Trinajstić information content (AvgIpc) is 3.07. The van der Waals surface area contributed by atoms with E-state index in [1.165, 1.54) is 19.3 Å². The van der Waals surface area contributed by atoms with Gasteiger partial charge in [0.2, 0.25) is 0 Å². The average molecular weight is 420 g/mol. The molecule has 5 rings (SSSR count). The summed E-state index contributed by atoms with van der Waals surface area (Å²) < 4.78 is 2.38. The van der Waals surface area contributed by atoms with Gasteiger partial charge in [0, 0.05) is 55.5 Å². The molecule has 1 atom stereocenters. The SMILES string of the molecule is CCc1cc(=O)[nH]c(-c2ccc(N3CCCC(c4nnc5n4CCCCC5)C3)nc2)n1. The third-order valence-corrected chi connectivity index (χ3v) is 6.43. The van der Waals surface area contributed by atoms with Crippen LogP contribution in [0.3, 0.4) is 0 Å². The van der Waals surface area contributed by atoms with E-state index in [9.17, 15) is 4.79 Å². The summed E-state index contributed by atoms with van der Waals surface area (Å²) in [6.07, 6.45) is 9.54. The van der Waals surface area contributed by atoms with Crippen molar-refractivity contribution in [3.8, 4) is 11.4 Å². The smallest absolute Gasteiger partial charge is 0.251 e. The first-order chi connectivity index (χ1) is 15.2. The molecule has 1 N–H and O–H groups in total. The van der Waals surface area contributed by atoms with Crippen LogP contribution in [0.4, 0.5) is 5.82 Å². The van der Waals surface area contributed by atoms with Crippen molar-refractivity contribution >= 4 is 5.82 Å². The molecule has 8 heteroatoms. The quantitative estimate of drug-likeness (QED) is 0.699. The molecule has 2 aliphatic heterocycles. The lowest BCUT2D eigenvalue weighted by atomic mass is 9.97. The molecule has 2 aliphatic rings. The minimum atomic E-state index is -0.128. The Morgan fingerprint density at radius 2 is 2.06 bits per heavy atom. The van der Waals surface area contributed by atoms with Crippen LogP contribution in [0.15, 0.2) is 29.2 Å². The number of H-pyrrole nitrogens is 1. The summed E-state index contributed by atoms with van der Waals surface area (Å²) in [5.74, 6) is 4.22. The molecule has 0 aliphatic carbocycles. The standard InChI is InChI=1S/C23H29N7O/c1-2-18-13-21(31)26-22(25-18)16-9-10-19(24-14-16)29-11-6-7-17(15-29)23-28-27-20-8-4-3-5-12-30(20)23/h9-10,13-14,17H,2-8,11-12,15H2,1H3,(H,25,26,31). The van der Waals surface area contributed by atoms with E-state index in [1.807, 2.05) is 19.1 Å². The normalized spacial score (nSPS) is 19.1. The molecule has 31 heavy (non-hydrogen) atoms. The number of piperidine rings is 1. The monoisotopic (exact) mass is 419 g/mol. The highest BCUT2D eigenvalue weighted by atomic mass is 16.1. The molecule has 0 amide bonds. The van der Waals surface area contributed by atoms with E-state index in [2.05, 4.69) is 29.6 Å². The molecular formula is C23H29N7O. The van der Waals surface area contributed by atoms with Gasteiger partial charge in [0.1, 0.15) is 23.3 Å². The summed E-state index contributed by atoms with van der Waals surface area (Å²) in [7, 11) is 0. The van der Waals surface area contributed by atoms with Gasteiger partial charge in [-0.15, -0.1) is 10.2 Å². The first-order valence-corrected chi connectivity index (χ1v) is 11.4. The van der Waals surface area contributed by atoms with Crippen LogP contribution in [0.5, 0.6) is 0 Å². The number of aryl methyl sites for hydroxylation is 2. The van der Waals surface area contributed by atoms with Gasteiger partial charge in [0.25, 0.3) is 5.56 Å². The van der Waals surface area contributed by atoms with Crippen LogP contribution in [0.1, 0.15) is 62.3 Å². The molecule has 3 aromatic rings. The Morgan fingerprint density at radius 3 is 2.90 bits per heavy atom. The summed E-state index contributed by atoms with van der Waals surface area (Å²) in [6.45, 7) is 4.94. The van der Waals surface area contributed by atoms with E-state index in [4.69, 9.17) is 4.98 Å². The molecule has 8 nitrogen and oxygen atoms in total. The molecule has 1 unspecified atom stereocenters. The molecule has 3 aromatic heterocycles. The highest BCUT2D eigenvalue weighted by Crippen LogP contribution is 2.30. The van der Waals surface area contributed by atoms with E-state index in [0.29, 0.717) is 11.7 Å². The van der Waals surface area contributed by atoms with Crippen LogP contribution >= 0.6 is 0 Å². The van der Waals surface area contributed by atoms with Crippen molar-refractivity contribution in [1.82, 2.24) is 29.7 Å². The number of anilines is 1. The van der Waals surface area contributed by atoms with E-state index >= 15 is 0 Å². The summed E-state index contributed by atoms with van der Waals surface area (Å²) in [4.78, 5) is 26.3. The van der Waals surface area contributed by atoms with E-state index in [1.54, 1.807) is 12.3 Å². The number of nitrogens with zero attached hydrogens (tertiary/aromatic N) is 6. The maximum absolute atomic E-state index is 11.9. The maximum Gasteiger partial charge on any atom is 0.251 e. The summed E-state index contributed by atoms with van der Waals surface area (Å²) in [5.41, 5.74) is 1.49. The topological polar surface area (TPSA) is 92.6 Å². The van der Waals surface area contributed by atoms with Gasteiger partial charge in [-0.2, -0.15) is 0 Å². The van der Waals surface area contributed by atoms with Crippen LogP contribution in [-0.4, -0.2) is 42.8 Å². The van der Waals surface area contributed by atoms with E-state index in [-0.39, 0.29) is 5.56 Å². The Labute approximate surface area is 181 Å². The van der Waals surface area contributed by atoms with Gasteiger partial charge in [-0.1, -0.05) is 13.3 Å². The fraction of sp³-hybridized carbons (Fsp3) is 0.522. The van der Waals surface area contributed by atoms with Gasteiger partial charge in [-0.05, 0) is 44.2 Å². The lowest BCUT2D eigenvalue weighted by Crippen LogP contribution is -2.36. The number of hydrogen-bond acceptors (Lipinski definition) is 6. The van der Waals surface area contributed by atoms with Crippen molar-refractivity contribution in [1.29, 1.82) is 0 Å². The number of rotatable bonds is 4. The van der Waals surface area contributed by atoms with Crippen molar-refractivity contribution in [3.63, 3.8) is 0 Å².